The fourth-order valence-corrected chi connectivity index (χ4v) is 4.49. The van der Waals surface area contributed by atoms with E-state index >= 15 is 0 Å². The average molecular weight is 485 g/mol. The number of hydrogen-bond donors (Lipinski definition) is 0. The molecule has 0 bridgehead atoms. The highest BCUT2D eigenvalue weighted by Crippen LogP contribution is 2.37. The zero-order valence-corrected chi connectivity index (χ0v) is 20.5. The molecule has 0 spiro atoms. The number of rotatable bonds is 7. The second-order valence-corrected chi connectivity index (χ2v) is 11.6. The lowest BCUT2D eigenvalue weighted by atomic mass is 10.0. The maximum atomic E-state index is 14.8. The lowest BCUT2D eigenvalue weighted by molar-refractivity contribution is 0.140. The minimum atomic E-state index is -2.58. The Balaban J connectivity index is 2.45. The first kappa shape index (κ1) is 25.4. The van der Waals surface area contributed by atoms with Crippen molar-refractivity contribution in [2.45, 2.75) is 26.9 Å². The molecule has 1 unspecified atom stereocenters. The second-order valence-electron chi connectivity index (χ2n) is 7.56. The van der Waals surface area contributed by atoms with E-state index in [0.717, 1.165) is 0 Å². The minimum Gasteiger partial charge on any atom is -0.486 e. The van der Waals surface area contributed by atoms with Gasteiger partial charge in [0.05, 0.1) is 5.02 Å². The largest absolute Gasteiger partial charge is 0.486 e. The van der Waals surface area contributed by atoms with E-state index in [1.807, 2.05) is 0 Å². The number of ether oxygens (including phenoxy) is 1. The highest BCUT2D eigenvalue weighted by Gasteiger charge is 2.20. The summed E-state index contributed by atoms with van der Waals surface area (Å²) in [6, 6.07) is 7.15. The van der Waals surface area contributed by atoms with E-state index in [4.69, 9.17) is 27.9 Å². The Labute approximate surface area is 192 Å². The standard InChI is InChI=1S/C24H25Cl2F2O2P/c1-7-16(18-9-8-17(13-21(18)28)31(5,6)29)12-22(14(2)3)30-15(4)23-19(25)10-11-20(27)24(23)26/h7-13,15H,2H2,1,3-6H3/b16-7+,22-12+. The summed E-state index contributed by atoms with van der Waals surface area (Å²) in [5.41, 5.74) is 1.78. The summed E-state index contributed by atoms with van der Waals surface area (Å²) in [4.78, 5) is 0. The molecule has 0 aromatic heterocycles. The molecule has 2 nitrogen and oxygen atoms in total. The van der Waals surface area contributed by atoms with Gasteiger partial charge in [-0.05, 0) is 69.5 Å². The summed E-state index contributed by atoms with van der Waals surface area (Å²) in [7, 11) is -2.58. The Morgan fingerprint density at radius 1 is 1.16 bits per heavy atom. The van der Waals surface area contributed by atoms with E-state index in [-0.39, 0.29) is 10.0 Å². The smallest absolute Gasteiger partial charge is 0.142 e. The summed E-state index contributed by atoms with van der Waals surface area (Å²) >= 11 is 12.3. The molecule has 0 heterocycles. The normalized spacial score (nSPS) is 13.8. The van der Waals surface area contributed by atoms with Crippen LogP contribution in [-0.2, 0) is 9.30 Å². The van der Waals surface area contributed by atoms with Crippen LogP contribution in [0.4, 0.5) is 8.78 Å². The molecule has 1 atom stereocenters. The van der Waals surface area contributed by atoms with E-state index in [0.29, 0.717) is 33.3 Å². The van der Waals surface area contributed by atoms with Gasteiger partial charge in [-0.2, -0.15) is 0 Å². The van der Waals surface area contributed by atoms with Gasteiger partial charge in [-0.1, -0.05) is 48.0 Å². The molecule has 166 valence electrons. The van der Waals surface area contributed by atoms with Gasteiger partial charge in [-0.3, -0.25) is 0 Å². The number of benzene rings is 2. The Morgan fingerprint density at radius 3 is 2.32 bits per heavy atom. The van der Waals surface area contributed by atoms with Crippen molar-refractivity contribution in [3.8, 4) is 0 Å². The zero-order chi connectivity index (χ0) is 23.5. The fourth-order valence-electron chi connectivity index (χ4n) is 2.95. The van der Waals surface area contributed by atoms with E-state index in [9.17, 15) is 13.3 Å². The van der Waals surface area contributed by atoms with Gasteiger partial charge in [0.25, 0.3) is 0 Å². The summed E-state index contributed by atoms with van der Waals surface area (Å²) in [6.45, 7) is 12.3. The van der Waals surface area contributed by atoms with Crippen molar-refractivity contribution >= 4 is 41.2 Å². The van der Waals surface area contributed by atoms with E-state index in [1.54, 1.807) is 58.4 Å². The third-order valence-electron chi connectivity index (χ3n) is 4.69. The molecule has 0 N–H and O–H groups in total. The monoisotopic (exact) mass is 484 g/mol. The maximum Gasteiger partial charge on any atom is 0.142 e. The molecule has 0 saturated heterocycles. The SMILES string of the molecule is C=C(C)/C(=C\C(=C/C)c1ccc(P(C)(C)=O)cc1F)OC(C)c1c(Cl)ccc(F)c1Cl. The Hall–Kier alpha value is -1.87. The van der Waals surface area contributed by atoms with Crippen LogP contribution in [0.15, 0.2) is 60.4 Å². The van der Waals surface area contributed by atoms with Gasteiger partial charge in [-0.25, -0.2) is 8.78 Å². The molecule has 2 aromatic carbocycles. The van der Waals surface area contributed by atoms with Gasteiger partial charge in [0.2, 0.25) is 0 Å². The number of allylic oxidation sites excluding steroid dienone is 4. The maximum absolute atomic E-state index is 14.8. The van der Waals surface area contributed by atoms with Gasteiger partial charge in [-0.15, -0.1) is 0 Å². The third kappa shape index (κ3) is 6.10. The molecular formula is C24H25Cl2F2O2P. The van der Waals surface area contributed by atoms with Crippen molar-refractivity contribution in [1.29, 1.82) is 0 Å². The van der Waals surface area contributed by atoms with Crippen LogP contribution < -0.4 is 5.30 Å². The van der Waals surface area contributed by atoms with Gasteiger partial charge in [0, 0.05) is 21.5 Å². The Morgan fingerprint density at radius 2 is 1.81 bits per heavy atom. The van der Waals surface area contributed by atoms with Crippen LogP contribution in [0, 0.1) is 11.6 Å². The van der Waals surface area contributed by atoms with Gasteiger partial charge < -0.3 is 9.30 Å². The van der Waals surface area contributed by atoms with Crippen LogP contribution in [0.25, 0.3) is 5.57 Å². The molecule has 0 aliphatic carbocycles. The van der Waals surface area contributed by atoms with Crippen molar-refractivity contribution in [3.05, 3.63) is 93.2 Å². The third-order valence-corrected chi connectivity index (χ3v) is 6.93. The first-order valence-electron chi connectivity index (χ1n) is 9.56. The van der Waals surface area contributed by atoms with Gasteiger partial charge in [0.15, 0.2) is 0 Å². The van der Waals surface area contributed by atoms with Crippen molar-refractivity contribution in [3.63, 3.8) is 0 Å². The average Bonchev–Trinajstić information content (AvgIpc) is 2.67. The van der Waals surface area contributed by atoms with Gasteiger partial charge in [0.1, 0.15) is 30.6 Å². The predicted octanol–water partition coefficient (Wildman–Crippen LogP) is 8.16. The molecule has 0 aliphatic heterocycles. The van der Waals surface area contributed by atoms with Crippen molar-refractivity contribution < 1.29 is 18.1 Å². The van der Waals surface area contributed by atoms with Crippen molar-refractivity contribution in [1.82, 2.24) is 0 Å². The first-order chi connectivity index (χ1) is 14.4. The van der Waals surface area contributed by atoms with Crippen LogP contribution >= 0.6 is 30.3 Å². The van der Waals surface area contributed by atoms with E-state index in [1.165, 1.54) is 18.2 Å². The minimum absolute atomic E-state index is 0.113. The van der Waals surface area contributed by atoms with Crippen LogP contribution in [0.3, 0.4) is 0 Å². The molecule has 31 heavy (non-hydrogen) atoms. The molecule has 0 radical (unpaired) electrons. The molecule has 0 fully saturated rings. The van der Waals surface area contributed by atoms with Crippen LogP contribution in [0.5, 0.6) is 0 Å². The summed E-state index contributed by atoms with van der Waals surface area (Å²) in [6.07, 6.45) is 2.69. The van der Waals surface area contributed by atoms with Crippen LogP contribution in [-0.4, -0.2) is 13.3 Å². The summed E-state index contributed by atoms with van der Waals surface area (Å²) in [5, 5.41) is 0.627. The molecule has 0 saturated carbocycles. The van der Waals surface area contributed by atoms with E-state index < -0.39 is 24.9 Å². The Bertz CT molecular complexity index is 1120. The Kier molecular flexibility index (Phi) is 8.33. The lowest BCUT2D eigenvalue weighted by Crippen LogP contribution is -2.06. The lowest BCUT2D eigenvalue weighted by Gasteiger charge is -2.21. The first-order valence-corrected chi connectivity index (χ1v) is 12.9. The van der Waals surface area contributed by atoms with Crippen LogP contribution in [0.1, 0.15) is 38.0 Å². The van der Waals surface area contributed by atoms with Gasteiger partial charge >= 0.3 is 0 Å². The highest BCUT2D eigenvalue weighted by atomic mass is 35.5. The number of hydrogen-bond acceptors (Lipinski definition) is 2. The fraction of sp³-hybridized carbons (Fsp3) is 0.250. The molecule has 2 aromatic rings. The highest BCUT2D eigenvalue weighted by molar-refractivity contribution is 7.70. The predicted molar refractivity (Wildman–Crippen MR) is 128 cm³/mol. The summed E-state index contributed by atoms with van der Waals surface area (Å²) in [5.74, 6) is -0.717. The van der Waals surface area contributed by atoms with E-state index in [2.05, 4.69) is 6.58 Å². The molecule has 7 heteroatoms. The molecule has 0 amide bonds. The quantitative estimate of drug-likeness (QED) is 0.171. The number of halogens is 4. The second kappa shape index (κ2) is 10.2. The summed E-state index contributed by atoms with van der Waals surface area (Å²) < 4.78 is 47.0. The van der Waals surface area contributed by atoms with Crippen LogP contribution in [0.2, 0.25) is 10.0 Å². The topological polar surface area (TPSA) is 26.3 Å². The van der Waals surface area contributed by atoms with Crippen molar-refractivity contribution in [2.24, 2.45) is 0 Å². The molecule has 2 rings (SSSR count). The van der Waals surface area contributed by atoms with Crippen molar-refractivity contribution in [2.75, 3.05) is 13.3 Å². The molecular weight excluding hydrogens is 460 g/mol. The zero-order valence-electron chi connectivity index (χ0n) is 18.1. The molecule has 0 aliphatic rings.